The van der Waals surface area contributed by atoms with Crippen LogP contribution in [0.25, 0.3) is 0 Å². The van der Waals surface area contributed by atoms with Crippen LogP contribution >= 0.6 is 11.6 Å². The average Bonchev–Trinajstić information content (AvgIpc) is 3.32. The third-order valence-corrected chi connectivity index (χ3v) is 7.66. The molecule has 0 fully saturated rings. The predicted octanol–water partition coefficient (Wildman–Crippen LogP) is 3.07. The van der Waals surface area contributed by atoms with Gasteiger partial charge in [-0.05, 0) is 53.9 Å². The Morgan fingerprint density at radius 2 is 1.92 bits per heavy atom. The summed E-state index contributed by atoms with van der Waals surface area (Å²) in [5, 5.41) is 11.7. The van der Waals surface area contributed by atoms with E-state index in [0.717, 1.165) is 21.3 Å². The molecule has 39 heavy (non-hydrogen) atoms. The van der Waals surface area contributed by atoms with Crippen LogP contribution in [0.5, 0.6) is 0 Å². The summed E-state index contributed by atoms with van der Waals surface area (Å²) in [6.07, 6.45) is 1.44. The molecule has 3 aromatic rings. The van der Waals surface area contributed by atoms with Crippen molar-refractivity contribution in [2.24, 2.45) is 0 Å². The van der Waals surface area contributed by atoms with E-state index in [2.05, 4.69) is 10.3 Å². The van der Waals surface area contributed by atoms with Crippen LogP contribution in [0.3, 0.4) is 0 Å². The summed E-state index contributed by atoms with van der Waals surface area (Å²) in [5.41, 5.74) is 1.06. The molecule has 0 saturated carbocycles. The number of halogens is 3. The Morgan fingerprint density at radius 3 is 2.62 bits per heavy atom. The smallest absolute Gasteiger partial charge is 0.325 e. The van der Waals surface area contributed by atoms with Crippen LogP contribution in [0.2, 0.25) is 5.02 Å². The second kappa shape index (κ2) is 11.2. The Hall–Kier alpha value is -4.28. The molecular weight excluding hydrogens is 554 g/mol. The highest BCUT2D eigenvalue weighted by Crippen LogP contribution is 2.27. The molecule has 0 aliphatic carbocycles. The molecule has 0 spiro atoms. The van der Waals surface area contributed by atoms with Crippen molar-refractivity contribution in [3.05, 3.63) is 88.1 Å². The zero-order valence-electron chi connectivity index (χ0n) is 20.4. The molecule has 0 radical (unpaired) electrons. The number of likely N-dealkylation sites (N-methyl/N-ethyl adjacent to an activating group) is 1. The summed E-state index contributed by atoms with van der Waals surface area (Å²) in [7, 11) is -3.05. The fourth-order valence-electron chi connectivity index (χ4n) is 4.10. The lowest BCUT2D eigenvalue weighted by Gasteiger charge is -2.26. The zero-order valence-corrected chi connectivity index (χ0v) is 21.9. The number of anilines is 2. The number of aromatic nitrogens is 1. The van der Waals surface area contributed by atoms with Gasteiger partial charge < -0.3 is 10.2 Å². The number of rotatable bonds is 7. The van der Waals surface area contributed by atoms with Crippen molar-refractivity contribution >= 4 is 45.3 Å². The SMILES string of the molecule is CN(C(=O)[C@H](Cc1cc(F)cc(F)c1)NC(=O)NS(=O)(=O)N1CCc2cccnc21)c1ccc(Cl)c(C#N)c1. The molecule has 2 heterocycles. The number of carbonyl (C=O) groups is 2. The number of urea groups is 1. The molecule has 2 N–H and O–H groups in total. The van der Waals surface area contributed by atoms with Gasteiger partial charge in [-0.3, -0.25) is 4.79 Å². The summed E-state index contributed by atoms with van der Waals surface area (Å²) in [6, 6.07) is 9.42. The molecule has 0 unspecified atom stereocenters. The van der Waals surface area contributed by atoms with E-state index in [4.69, 9.17) is 11.6 Å². The first-order chi connectivity index (χ1) is 18.5. The number of nitriles is 1. The number of hydrogen-bond donors (Lipinski definition) is 2. The van der Waals surface area contributed by atoms with E-state index < -0.39 is 39.8 Å². The molecule has 1 atom stereocenters. The van der Waals surface area contributed by atoms with Gasteiger partial charge in [-0.25, -0.2) is 27.6 Å². The number of benzene rings is 2. The quantitative estimate of drug-likeness (QED) is 0.445. The van der Waals surface area contributed by atoms with Crippen LogP contribution < -0.4 is 19.2 Å². The van der Waals surface area contributed by atoms with Crippen molar-refractivity contribution in [1.29, 1.82) is 5.26 Å². The molecule has 14 heteroatoms. The van der Waals surface area contributed by atoms with Crippen molar-refractivity contribution in [1.82, 2.24) is 15.0 Å². The first-order valence-electron chi connectivity index (χ1n) is 11.5. The molecule has 1 aromatic heterocycles. The molecule has 3 amide bonds. The van der Waals surface area contributed by atoms with E-state index in [-0.39, 0.29) is 40.6 Å². The molecule has 10 nitrogen and oxygen atoms in total. The van der Waals surface area contributed by atoms with Gasteiger partial charge in [-0.2, -0.15) is 13.7 Å². The van der Waals surface area contributed by atoms with Crippen molar-refractivity contribution in [2.75, 3.05) is 22.8 Å². The minimum absolute atomic E-state index is 0.0360. The van der Waals surface area contributed by atoms with E-state index in [0.29, 0.717) is 18.1 Å². The maximum absolute atomic E-state index is 13.8. The summed E-state index contributed by atoms with van der Waals surface area (Å²) >= 11 is 5.97. The number of hydrogen-bond acceptors (Lipinski definition) is 6. The highest BCUT2D eigenvalue weighted by atomic mass is 35.5. The highest BCUT2D eigenvalue weighted by Gasteiger charge is 2.33. The standard InChI is InChI=1S/C25H21ClF2N6O4S/c1-33(20-4-5-21(26)17(12-20)14-29)24(35)22(11-15-9-18(27)13-19(28)10-15)31-25(36)32-39(37,38)34-8-6-16-3-2-7-30-23(16)34/h2-5,7,9-10,12-13,22H,6,8,11H2,1H3,(H2,31,32,36)/t22-/m0/s1. The molecule has 202 valence electrons. The average molecular weight is 575 g/mol. The molecule has 4 rings (SSSR count). The molecule has 0 bridgehead atoms. The van der Waals surface area contributed by atoms with Crippen LogP contribution in [0.15, 0.2) is 54.7 Å². The third-order valence-electron chi connectivity index (χ3n) is 5.95. The van der Waals surface area contributed by atoms with Gasteiger partial charge in [0.15, 0.2) is 0 Å². The van der Waals surface area contributed by atoms with Crippen molar-refractivity contribution in [3.8, 4) is 6.07 Å². The lowest BCUT2D eigenvalue weighted by molar-refractivity contribution is -0.120. The highest BCUT2D eigenvalue weighted by molar-refractivity contribution is 7.91. The zero-order chi connectivity index (χ0) is 28.3. The maximum Gasteiger partial charge on any atom is 0.330 e. The summed E-state index contributed by atoms with van der Waals surface area (Å²) < 4.78 is 56.3. The second-order valence-corrected chi connectivity index (χ2v) is 10.6. The number of amides is 3. The topological polar surface area (TPSA) is 136 Å². The van der Waals surface area contributed by atoms with Crippen LogP contribution in [-0.2, 0) is 27.8 Å². The van der Waals surface area contributed by atoms with E-state index >= 15 is 0 Å². The van der Waals surface area contributed by atoms with Crippen molar-refractivity contribution in [2.45, 2.75) is 18.9 Å². The van der Waals surface area contributed by atoms with Crippen LogP contribution in [0.4, 0.5) is 25.1 Å². The van der Waals surface area contributed by atoms with E-state index in [1.165, 1.54) is 31.4 Å². The Morgan fingerprint density at radius 1 is 1.21 bits per heavy atom. The minimum atomic E-state index is -4.40. The third kappa shape index (κ3) is 6.24. The number of fused-ring (bicyclic) bond motifs is 1. The fourth-order valence-corrected chi connectivity index (χ4v) is 5.39. The lowest BCUT2D eigenvalue weighted by Crippen LogP contribution is -2.54. The first kappa shape index (κ1) is 27.7. The number of carbonyl (C=O) groups excluding carboxylic acids is 2. The van der Waals surface area contributed by atoms with Crippen molar-refractivity contribution in [3.63, 3.8) is 0 Å². The van der Waals surface area contributed by atoms with Gasteiger partial charge in [0.25, 0.3) is 0 Å². The van der Waals surface area contributed by atoms with Gasteiger partial charge in [0.2, 0.25) is 5.91 Å². The predicted molar refractivity (Wildman–Crippen MR) is 139 cm³/mol. The maximum atomic E-state index is 13.8. The number of nitrogens with zero attached hydrogens (tertiary/aromatic N) is 4. The fraction of sp³-hybridized carbons (Fsp3) is 0.200. The molecule has 1 aliphatic heterocycles. The second-order valence-electron chi connectivity index (χ2n) is 8.60. The Balaban J connectivity index is 1.58. The van der Waals surface area contributed by atoms with Gasteiger partial charge in [-0.1, -0.05) is 17.7 Å². The van der Waals surface area contributed by atoms with Crippen LogP contribution in [0.1, 0.15) is 16.7 Å². The van der Waals surface area contributed by atoms with E-state index in [1.54, 1.807) is 12.1 Å². The van der Waals surface area contributed by atoms with E-state index in [9.17, 15) is 32.0 Å². The van der Waals surface area contributed by atoms with Gasteiger partial charge in [0, 0.05) is 38.0 Å². The Bertz CT molecular complexity index is 1580. The molecule has 2 aromatic carbocycles. The number of nitrogens with one attached hydrogen (secondary N) is 2. The van der Waals surface area contributed by atoms with Gasteiger partial charge >= 0.3 is 16.2 Å². The Kier molecular flexibility index (Phi) is 7.98. The number of pyridine rings is 1. The minimum Gasteiger partial charge on any atom is -0.325 e. The lowest BCUT2D eigenvalue weighted by atomic mass is 10.0. The summed E-state index contributed by atoms with van der Waals surface area (Å²) in [6.45, 7) is 0.0560. The summed E-state index contributed by atoms with van der Waals surface area (Å²) in [5.74, 6) is -2.37. The largest absolute Gasteiger partial charge is 0.330 e. The molecule has 0 saturated heterocycles. The van der Waals surface area contributed by atoms with Crippen molar-refractivity contribution < 1.29 is 26.8 Å². The van der Waals surface area contributed by atoms with E-state index in [1.807, 2.05) is 10.8 Å². The Labute approximate surface area is 228 Å². The molecular formula is C25H21ClF2N6O4S. The van der Waals surface area contributed by atoms with Crippen LogP contribution in [-0.4, -0.2) is 45.0 Å². The van der Waals surface area contributed by atoms with Gasteiger partial charge in [-0.15, -0.1) is 0 Å². The van der Waals surface area contributed by atoms with Gasteiger partial charge in [0.05, 0.1) is 10.6 Å². The molecule has 1 aliphatic rings. The van der Waals surface area contributed by atoms with Gasteiger partial charge in [0.1, 0.15) is 29.6 Å². The summed E-state index contributed by atoms with van der Waals surface area (Å²) in [4.78, 5) is 31.4. The van der Waals surface area contributed by atoms with Crippen LogP contribution in [0, 0.1) is 23.0 Å². The monoisotopic (exact) mass is 574 g/mol. The normalized spacial score (nSPS) is 13.3. The first-order valence-corrected chi connectivity index (χ1v) is 13.3.